The van der Waals surface area contributed by atoms with Crippen LogP contribution in [0, 0.1) is 5.82 Å². The number of fused-ring (bicyclic) bond motifs is 1. The maximum Gasteiger partial charge on any atom is 0.325 e. The number of carbonyl (C=O) groups excluding carboxylic acids is 3. The summed E-state index contributed by atoms with van der Waals surface area (Å²) >= 11 is 0. The van der Waals surface area contributed by atoms with E-state index in [-0.39, 0.29) is 19.0 Å². The first-order chi connectivity index (χ1) is 17.9. The van der Waals surface area contributed by atoms with Crippen LogP contribution in [-0.4, -0.2) is 58.2 Å². The lowest BCUT2D eigenvalue weighted by atomic mass is 10.1. The minimum atomic E-state index is -0.887. The zero-order chi connectivity index (χ0) is 25.9. The molecule has 1 aromatic heterocycles. The van der Waals surface area contributed by atoms with Gasteiger partial charge in [-0.1, -0.05) is 48.5 Å². The zero-order valence-corrected chi connectivity index (χ0v) is 19.9. The molecule has 10 heteroatoms. The van der Waals surface area contributed by atoms with Gasteiger partial charge in [0.05, 0.1) is 17.4 Å². The molecule has 9 nitrogen and oxygen atoms in total. The molecule has 5 rings (SSSR count). The molecule has 4 amide bonds. The van der Waals surface area contributed by atoms with Crippen molar-refractivity contribution in [3.05, 3.63) is 90.4 Å². The van der Waals surface area contributed by atoms with Crippen LogP contribution in [0.4, 0.5) is 14.9 Å². The van der Waals surface area contributed by atoms with E-state index < -0.39 is 23.7 Å². The second-order valence-electron chi connectivity index (χ2n) is 8.79. The molecule has 0 bridgehead atoms. The molecule has 3 aromatic carbocycles. The van der Waals surface area contributed by atoms with Crippen LogP contribution in [0.25, 0.3) is 16.6 Å². The normalized spacial score (nSPS) is 14.2. The topological polar surface area (TPSA) is 114 Å². The molecule has 0 radical (unpaired) electrons. The van der Waals surface area contributed by atoms with E-state index in [2.05, 4.69) is 10.4 Å². The third-order valence-electron chi connectivity index (χ3n) is 6.35. The predicted molar refractivity (Wildman–Crippen MR) is 137 cm³/mol. The van der Waals surface area contributed by atoms with Gasteiger partial charge in [-0.3, -0.25) is 14.5 Å². The second kappa shape index (κ2) is 10.1. The van der Waals surface area contributed by atoms with Crippen molar-refractivity contribution in [2.45, 2.75) is 12.5 Å². The number of rotatable bonds is 8. The Labute approximate surface area is 212 Å². The Morgan fingerprint density at radius 1 is 0.973 bits per heavy atom. The molecule has 1 aliphatic heterocycles. The van der Waals surface area contributed by atoms with Crippen LogP contribution >= 0.6 is 0 Å². The highest BCUT2D eigenvalue weighted by Crippen LogP contribution is 2.31. The zero-order valence-electron chi connectivity index (χ0n) is 19.9. The molecule has 1 aliphatic rings. The van der Waals surface area contributed by atoms with Gasteiger partial charge in [-0.15, -0.1) is 0 Å². The van der Waals surface area contributed by atoms with Crippen molar-refractivity contribution in [2.24, 2.45) is 5.73 Å². The molecule has 4 aromatic rings. The number of halogens is 1. The third kappa shape index (κ3) is 4.86. The number of amides is 4. The van der Waals surface area contributed by atoms with E-state index in [1.54, 1.807) is 47.5 Å². The van der Waals surface area contributed by atoms with Crippen LogP contribution in [0.2, 0.25) is 0 Å². The summed E-state index contributed by atoms with van der Waals surface area (Å²) < 4.78 is 15.9. The summed E-state index contributed by atoms with van der Waals surface area (Å²) in [6.45, 7) is 0.474. The number of carbonyl (C=O) groups is 3. The number of hydrogen-bond donors (Lipinski definition) is 2. The van der Waals surface area contributed by atoms with Gasteiger partial charge in [-0.05, 0) is 29.8 Å². The number of para-hydroxylation sites is 1. The summed E-state index contributed by atoms with van der Waals surface area (Å²) in [5.74, 6) is -1.53. The molecule has 0 aliphatic carbocycles. The Bertz CT molecular complexity index is 1470. The van der Waals surface area contributed by atoms with Crippen molar-refractivity contribution < 1.29 is 18.8 Å². The Balaban J connectivity index is 1.30. The Morgan fingerprint density at radius 3 is 2.46 bits per heavy atom. The Hall–Kier alpha value is -4.73. The van der Waals surface area contributed by atoms with Crippen LogP contribution < -0.4 is 16.0 Å². The van der Waals surface area contributed by atoms with Crippen LogP contribution in [0.5, 0.6) is 0 Å². The van der Waals surface area contributed by atoms with Crippen molar-refractivity contribution in [1.82, 2.24) is 20.0 Å². The van der Waals surface area contributed by atoms with Gasteiger partial charge < -0.3 is 16.0 Å². The van der Waals surface area contributed by atoms with Gasteiger partial charge >= 0.3 is 6.03 Å². The standard InChI is InChI=1S/C27H25FN6O3/c28-20-9-4-5-10-24(20)34-23-12-6-11-22(19(23)16-30-34)33-14-13-32(27(33)37)17-25(35)31-21(26(29)36)15-18-7-2-1-3-8-18/h1-12,16,21H,13-15,17H2,(H2,29,36)(H,31,35)/t21-/m1/s1. The first-order valence-electron chi connectivity index (χ1n) is 11.8. The number of hydrogen-bond acceptors (Lipinski definition) is 4. The number of anilines is 1. The van der Waals surface area contributed by atoms with Gasteiger partial charge in [0, 0.05) is 24.9 Å². The van der Waals surface area contributed by atoms with Crippen molar-refractivity contribution >= 4 is 34.4 Å². The third-order valence-corrected chi connectivity index (χ3v) is 6.35. The predicted octanol–water partition coefficient (Wildman–Crippen LogP) is 2.62. The smallest absolute Gasteiger partial charge is 0.325 e. The first kappa shape index (κ1) is 24.0. The van der Waals surface area contributed by atoms with Gasteiger partial charge in [0.2, 0.25) is 11.8 Å². The number of primary amides is 1. The molecule has 1 atom stereocenters. The van der Waals surface area contributed by atoms with E-state index in [4.69, 9.17) is 5.73 Å². The molecule has 1 fully saturated rings. The average molecular weight is 501 g/mol. The van der Waals surface area contributed by atoms with E-state index in [1.165, 1.54) is 15.6 Å². The van der Waals surface area contributed by atoms with Crippen molar-refractivity contribution in [1.29, 1.82) is 0 Å². The lowest BCUT2D eigenvalue weighted by Crippen LogP contribution is -2.49. The van der Waals surface area contributed by atoms with Crippen molar-refractivity contribution in [3.8, 4) is 5.69 Å². The highest BCUT2D eigenvalue weighted by Gasteiger charge is 2.33. The minimum absolute atomic E-state index is 0.210. The maximum absolute atomic E-state index is 14.4. The Kier molecular flexibility index (Phi) is 6.55. The number of aromatic nitrogens is 2. The molecule has 0 unspecified atom stereocenters. The van der Waals surface area contributed by atoms with Crippen LogP contribution in [0.1, 0.15) is 5.56 Å². The van der Waals surface area contributed by atoms with E-state index in [1.807, 2.05) is 30.3 Å². The van der Waals surface area contributed by atoms with E-state index >= 15 is 0 Å². The average Bonchev–Trinajstić information content (AvgIpc) is 3.48. The number of urea groups is 1. The molecule has 3 N–H and O–H groups in total. The van der Waals surface area contributed by atoms with Gasteiger partial charge in [-0.25, -0.2) is 13.9 Å². The number of nitrogens with one attached hydrogen (secondary N) is 1. The van der Waals surface area contributed by atoms with Gasteiger partial charge in [-0.2, -0.15) is 5.10 Å². The molecule has 188 valence electrons. The quantitative estimate of drug-likeness (QED) is 0.387. The summed E-state index contributed by atoms with van der Waals surface area (Å²) in [5, 5.41) is 7.68. The SMILES string of the molecule is NC(=O)[C@@H](Cc1ccccc1)NC(=O)CN1CCN(c2cccc3c2cnn3-c2ccccc2F)C1=O. The number of nitrogens with two attached hydrogens (primary N) is 1. The van der Waals surface area contributed by atoms with Crippen LogP contribution in [0.3, 0.4) is 0 Å². The van der Waals surface area contributed by atoms with Gasteiger partial charge in [0.25, 0.3) is 0 Å². The van der Waals surface area contributed by atoms with Crippen molar-refractivity contribution in [3.63, 3.8) is 0 Å². The summed E-state index contributed by atoms with van der Waals surface area (Å²) in [6.07, 6.45) is 1.86. The summed E-state index contributed by atoms with van der Waals surface area (Å²) in [6, 6.07) is 19.7. The summed E-state index contributed by atoms with van der Waals surface area (Å²) in [7, 11) is 0. The fourth-order valence-corrected chi connectivity index (χ4v) is 4.53. The summed E-state index contributed by atoms with van der Waals surface area (Å²) in [5.41, 5.74) is 7.93. The highest BCUT2D eigenvalue weighted by molar-refractivity contribution is 6.04. The highest BCUT2D eigenvalue weighted by atomic mass is 19.1. The van der Waals surface area contributed by atoms with Crippen LogP contribution in [-0.2, 0) is 16.0 Å². The van der Waals surface area contributed by atoms with Crippen LogP contribution in [0.15, 0.2) is 79.0 Å². The lowest BCUT2D eigenvalue weighted by Gasteiger charge is -2.21. The largest absolute Gasteiger partial charge is 0.368 e. The van der Waals surface area contributed by atoms with Gasteiger partial charge in [0.1, 0.15) is 24.1 Å². The Morgan fingerprint density at radius 2 is 1.70 bits per heavy atom. The molecule has 1 saturated heterocycles. The molecular weight excluding hydrogens is 475 g/mol. The molecule has 0 spiro atoms. The number of nitrogens with zero attached hydrogens (tertiary/aromatic N) is 4. The molecule has 2 heterocycles. The van der Waals surface area contributed by atoms with Crippen molar-refractivity contribution in [2.75, 3.05) is 24.5 Å². The fraction of sp³-hybridized carbons (Fsp3) is 0.185. The van der Waals surface area contributed by atoms with E-state index in [9.17, 15) is 18.8 Å². The molecular formula is C27H25FN6O3. The summed E-state index contributed by atoms with van der Waals surface area (Å²) in [4.78, 5) is 40.8. The minimum Gasteiger partial charge on any atom is -0.368 e. The lowest BCUT2D eigenvalue weighted by molar-refractivity contribution is -0.127. The monoisotopic (exact) mass is 500 g/mol. The fourth-order valence-electron chi connectivity index (χ4n) is 4.53. The molecule has 0 saturated carbocycles. The molecule has 37 heavy (non-hydrogen) atoms. The van der Waals surface area contributed by atoms with E-state index in [0.717, 1.165) is 5.56 Å². The second-order valence-corrected chi connectivity index (χ2v) is 8.79. The van der Waals surface area contributed by atoms with E-state index in [0.29, 0.717) is 35.4 Å². The van der Waals surface area contributed by atoms with Gasteiger partial charge in [0.15, 0.2) is 0 Å². The first-order valence-corrected chi connectivity index (χ1v) is 11.8. The number of benzene rings is 3. The maximum atomic E-state index is 14.4.